The number of nitrogens with one attached hydrogen (secondary N) is 1. The van der Waals surface area contributed by atoms with E-state index in [0.717, 1.165) is 27.7 Å². The standard InChI is InChI=1S/C20H20N2O3/c1-13-9-14(2)16-11-18(21-17(16)10-13)20(24)25-12-19(23)22(3)15-7-5-4-6-8-15/h4-11,21H,12H2,1-3H3. The summed E-state index contributed by atoms with van der Waals surface area (Å²) in [6.07, 6.45) is 0. The van der Waals surface area contributed by atoms with Gasteiger partial charge in [-0.25, -0.2) is 4.79 Å². The Kier molecular flexibility index (Phi) is 4.57. The van der Waals surface area contributed by atoms with Crippen LogP contribution in [0.4, 0.5) is 5.69 Å². The lowest BCUT2D eigenvalue weighted by Crippen LogP contribution is -2.31. The van der Waals surface area contributed by atoms with Crippen LogP contribution in [0.5, 0.6) is 0 Å². The van der Waals surface area contributed by atoms with Crippen LogP contribution in [-0.2, 0) is 9.53 Å². The van der Waals surface area contributed by atoms with Crippen molar-refractivity contribution in [1.29, 1.82) is 0 Å². The Morgan fingerprint density at radius 1 is 1.08 bits per heavy atom. The minimum absolute atomic E-state index is 0.289. The highest BCUT2D eigenvalue weighted by Crippen LogP contribution is 2.22. The lowest BCUT2D eigenvalue weighted by molar-refractivity contribution is -0.121. The molecule has 5 nitrogen and oxygen atoms in total. The van der Waals surface area contributed by atoms with E-state index >= 15 is 0 Å². The van der Waals surface area contributed by atoms with E-state index in [1.807, 2.05) is 50.2 Å². The normalized spacial score (nSPS) is 10.7. The molecule has 1 aromatic heterocycles. The fraction of sp³-hybridized carbons (Fsp3) is 0.200. The van der Waals surface area contributed by atoms with Gasteiger partial charge in [-0.05, 0) is 49.2 Å². The number of carbonyl (C=O) groups excluding carboxylic acids is 2. The fourth-order valence-electron chi connectivity index (χ4n) is 2.81. The maximum Gasteiger partial charge on any atom is 0.355 e. The molecule has 0 saturated carbocycles. The molecule has 0 atom stereocenters. The molecular weight excluding hydrogens is 316 g/mol. The smallest absolute Gasteiger partial charge is 0.355 e. The quantitative estimate of drug-likeness (QED) is 0.740. The molecule has 3 rings (SSSR count). The second kappa shape index (κ2) is 6.81. The molecular formula is C20H20N2O3. The van der Waals surface area contributed by atoms with Gasteiger partial charge in [-0.1, -0.05) is 24.3 Å². The van der Waals surface area contributed by atoms with Crippen LogP contribution in [0.2, 0.25) is 0 Å². The number of rotatable bonds is 4. The van der Waals surface area contributed by atoms with Gasteiger partial charge in [-0.3, -0.25) is 4.79 Å². The third-order valence-corrected chi connectivity index (χ3v) is 4.15. The number of aromatic amines is 1. The zero-order valence-corrected chi connectivity index (χ0v) is 14.5. The molecule has 5 heteroatoms. The molecule has 0 radical (unpaired) electrons. The predicted molar refractivity (Wildman–Crippen MR) is 97.9 cm³/mol. The van der Waals surface area contributed by atoms with Crippen molar-refractivity contribution in [3.05, 3.63) is 65.4 Å². The second-order valence-corrected chi connectivity index (χ2v) is 6.09. The number of amides is 1. The second-order valence-electron chi connectivity index (χ2n) is 6.09. The molecule has 1 heterocycles. The Labute approximate surface area is 146 Å². The van der Waals surface area contributed by atoms with Crippen LogP contribution in [-0.4, -0.2) is 30.5 Å². The summed E-state index contributed by atoms with van der Waals surface area (Å²) in [6, 6.07) is 15.0. The number of benzene rings is 2. The van der Waals surface area contributed by atoms with Crippen LogP contribution >= 0.6 is 0 Å². The van der Waals surface area contributed by atoms with Gasteiger partial charge >= 0.3 is 5.97 Å². The minimum Gasteiger partial charge on any atom is -0.451 e. The van der Waals surface area contributed by atoms with Gasteiger partial charge in [0.2, 0.25) is 0 Å². The number of likely N-dealkylation sites (N-methyl/N-ethyl adjacent to an activating group) is 1. The molecule has 0 saturated heterocycles. The number of carbonyl (C=O) groups is 2. The summed E-state index contributed by atoms with van der Waals surface area (Å²) < 4.78 is 5.17. The van der Waals surface area contributed by atoms with Crippen molar-refractivity contribution < 1.29 is 14.3 Å². The van der Waals surface area contributed by atoms with Gasteiger partial charge in [0.05, 0.1) is 0 Å². The summed E-state index contributed by atoms with van der Waals surface area (Å²) in [4.78, 5) is 29.0. The number of anilines is 1. The molecule has 25 heavy (non-hydrogen) atoms. The molecule has 2 aromatic carbocycles. The Morgan fingerprint density at radius 3 is 2.52 bits per heavy atom. The van der Waals surface area contributed by atoms with Gasteiger partial charge < -0.3 is 14.6 Å². The number of hydrogen-bond donors (Lipinski definition) is 1. The van der Waals surface area contributed by atoms with Crippen LogP contribution < -0.4 is 4.90 Å². The van der Waals surface area contributed by atoms with Crippen molar-refractivity contribution in [2.75, 3.05) is 18.6 Å². The lowest BCUT2D eigenvalue weighted by atomic mass is 10.1. The van der Waals surface area contributed by atoms with Gasteiger partial charge in [0, 0.05) is 23.6 Å². The van der Waals surface area contributed by atoms with E-state index in [2.05, 4.69) is 11.1 Å². The zero-order valence-electron chi connectivity index (χ0n) is 14.5. The summed E-state index contributed by atoms with van der Waals surface area (Å²) >= 11 is 0. The van der Waals surface area contributed by atoms with E-state index in [9.17, 15) is 9.59 Å². The third kappa shape index (κ3) is 3.55. The maximum absolute atomic E-state index is 12.2. The topological polar surface area (TPSA) is 62.4 Å². The Hall–Kier alpha value is -3.08. The number of aryl methyl sites for hydroxylation is 2. The van der Waals surface area contributed by atoms with E-state index in [0.29, 0.717) is 5.69 Å². The van der Waals surface area contributed by atoms with Gasteiger partial charge in [0.15, 0.2) is 6.61 Å². The fourth-order valence-corrected chi connectivity index (χ4v) is 2.81. The highest BCUT2D eigenvalue weighted by molar-refractivity contribution is 5.99. The molecule has 0 aliphatic rings. The van der Waals surface area contributed by atoms with Crippen LogP contribution in [0.25, 0.3) is 10.9 Å². The van der Waals surface area contributed by atoms with Crippen molar-refractivity contribution in [1.82, 2.24) is 4.98 Å². The van der Waals surface area contributed by atoms with Crippen LogP contribution in [0, 0.1) is 13.8 Å². The number of ether oxygens (including phenoxy) is 1. The molecule has 0 spiro atoms. The first-order valence-corrected chi connectivity index (χ1v) is 8.04. The Bertz CT molecular complexity index is 929. The number of esters is 1. The van der Waals surface area contributed by atoms with Crippen LogP contribution in [0.1, 0.15) is 21.6 Å². The molecule has 0 bridgehead atoms. The molecule has 1 N–H and O–H groups in total. The van der Waals surface area contributed by atoms with Crippen LogP contribution in [0.3, 0.4) is 0 Å². The van der Waals surface area contributed by atoms with E-state index < -0.39 is 5.97 Å². The first kappa shape index (κ1) is 16.8. The van der Waals surface area contributed by atoms with Crippen molar-refractivity contribution >= 4 is 28.5 Å². The summed E-state index contributed by atoms with van der Waals surface area (Å²) in [5.74, 6) is -0.828. The predicted octanol–water partition coefficient (Wildman–Crippen LogP) is 3.60. The Morgan fingerprint density at radius 2 is 1.80 bits per heavy atom. The van der Waals surface area contributed by atoms with Crippen LogP contribution in [0.15, 0.2) is 48.5 Å². The molecule has 0 aliphatic heterocycles. The highest BCUT2D eigenvalue weighted by atomic mass is 16.5. The monoisotopic (exact) mass is 336 g/mol. The number of fused-ring (bicyclic) bond motifs is 1. The Balaban J connectivity index is 1.68. The van der Waals surface area contributed by atoms with Gasteiger partial charge in [0.1, 0.15) is 5.69 Å². The third-order valence-electron chi connectivity index (χ3n) is 4.15. The molecule has 128 valence electrons. The molecule has 3 aromatic rings. The van der Waals surface area contributed by atoms with Crippen molar-refractivity contribution in [3.8, 4) is 0 Å². The van der Waals surface area contributed by atoms with Crippen molar-refractivity contribution in [2.24, 2.45) is 0 Å². The van der Waals surface area contributed by atoms with E-state index in [4.69, 9.17) is 4.74 Å². The average Bonchev–Trinajstić information content (AvgIpc) is 3.04. The zero-order chi connectivity index (χ0) is 18.0. The van der Waals surface area contributed by atoms with Crippen molar-refractivity contribution in [3.63, 3.8) is 0 Å². The van der Waals surface area contributed by atoms with Gasteiger partial charge in [0.25, 0.3) is 5.91 Å². The number of hydrogen-bond acceptors (Lipinski definition) is 3. The van der Waals surface area contributed by atoms with E-state index in [1.54, 1.807) is 13.1 Å². The van der Waals surface area contributed by atoms with E-state index in [-0.39, 0.29) is 12.5 Å². The molecule has 0 unspecified atom stereocenters. The lowest BCUT2D eigenvalue weighted by Gasteiger charge is -2.16. The SMILES string of the molecule is Cc1cc(C)c2cc(C(=O)OCC(=O)N(C)c3ccccc3)[nH]c2c1. The first-order chi connectivity index (χ1) is 12.0. The van der Waals surface area contributed by atoms with Crippen molar-refractivity contribution in [2.45, 2.75) is 13.8 Å². The van der Waals surface area contributed by atoms with E-state index in [1.165, 1.54) is 4.90 Å². The number of H-pyrrole nitrogens is 1. The summed E-state index contributed by atoms with van der Waals surface area (Å²) in [7, 11) is 1.65. The molecule has 0 fully saturated rings. The highest BCUT2D eigenvalue weighted by Gasteiger charge is 2.16. The largest absolute Gasteiger partial charge is 0.451 e. The summed E-state index contributed by atoms with van der Waals surface area (Å²) in [5.41, 5.74) is 4.19. The molecule has 0 aliphatic carbocycles. The first-order valence-electron chi connectivity index (χ1n) is 8.04. The number of para-hydroxylation sites is 1. The summed E-state index contributed by atoms with van der Waals surface area (Å²) in [5, 5.41) is 0.977. The maximum atomic E-state index is 12.2. The minimum atomic E-state index is -0.539. The van der Waals surface area contributed by atoms with Gasteiger partial charge in [-0.2, -0.15) is 0 Å². The van der Waals surface area contributed by atoms with Gasteiger partial charge in [-0.15, -0.1) is 0 Å². The number of aromatic nitrogens is 1. The summed E-state index contributed by atoms with van der Waals surface area (Å²) in [6.45, 7) is 3.69. The average molecular weight is 336 g/mol. The number of nitrogens with zero attached hydrogens (tertiary/aromatic N) is 1. The molecule has 1 amide bonds.